The van der Waals surface area contributed by atoms with Gasteiger partial charge in [-0.15, -0.1) is 0 Å². The first-order valence-corrected chi connectivity index (χ1v) is 8.76. The minimum absolute atomic E-state index is 0.136. The molecule has 0 radical (unpaired) electrons. The van der Waals surface area contributed by atoms with E-state index in [1.807, 2.05) is 37.3 Å². The van der Waals surface area contributed by atoms with Crippen LogP contribution in [0, 0.1) is 0 Å². The summed E-state index contributed by atoms with van der Waals surface area (Å²) in [5, 5.41) is 5.02. The van der Waals surface area contributed by atoms with Crippen LogP contribution < -0.4 is 10.2 Å². The number of hydrogen-bond acceptors (Lipinski definition) is 3. The third kappa shape index (κ3) is 6.77. The van der Waals surface area contributed by atoms with Gasteiger partial charge >= 0.3 is 0 Å². The highest BCUT2D eigenvalue weighted by Crippen LogP contribution is 2.27. The number of halogens is 2. The maximum absolute atomic E-state index is 11.8. The molecule has 2 rings (SSSR count). The summed E-state index contributed by atoms with van der Waals surface area (Å²) in [4.78, 5) is 11.8. The van der Waals surface area contributed by atoms with E-state index >= 15 is 0 Å². The fraction of sp³-hybridized carbons (Fsp3) is 0.263. The number of rotatable bonds is 8. The molecule has 0 aliphatic carbocycles. The number of benzene rings is 2. The molecule has 0 aromatic heterocycles. The largest absolute Gasteiger partial charge is 0.492 e. The van der Waals surface area contributed by atoms with E-state index in [1.165, 1.54) is 0 Å². The van der Waals surface area contributed by atoms with E-state index in [-0.39, 0.29) is 11.8 Å². The Bertz CT molecular complexity index is 721. The average molecular weight is 379 g/mol. The number of carbonyl (C=O) groups excluding carboxylic acids is 1. The topological polar surface area (TPSA) is 50.7 Å². The van der Waals surface area contributed by atoms with Crippen molar-refractivity contribution in [3.63, 3.8) is 0 Å². The van der Waals surface area contributed by atoms with Crippen molar-refractivity contribution in [2.45, 2.75) is 25.7 Å². The monoisotopic (exact) mass is 378 g/mol. The van der Waals surface area contributed by atoms with E-state index in [1.54, 1.807) is 24.4 Å². The molecule has 1 N–H and O–H groups in total. The van der Waals surface area contributed by atoms with Crippen molar-refractivity contribution in [2.75, 3.05) is 6.61 Å². The highest BCUT2D eigenvalue weighted by atomic mass is 35.5. The standard InChI is InChI=1S/C19H20Cl2N2O2/c1-14(15-6-3-2-4-7-15)13-22-23-19(24)8-5-11-25-18-10-9-16(20)12-17(18)21/h2-4,6-7,9-10,12-14H,5,8,11H2,1H3,(H,23,24)/b22-13+. The van der Waals surface area contributed by atoms with Gasteiger partial charge in [-0.3, -0.25) is 4.79 Å². The first kappa shape index (κ1) is 19.3. The van der Waals surface area contributed by atoms with Gasteiger partial charge in [-0.1, -0.05) is 60.5 Å². The molecule has 4 nitrogen and oxygen atoms in total. The maximum atomic E-state index is 11.8. The fourth-order valence-corrected chi connectivity index (χ4v) is 2.59. The molecule has 132 valence electrons. The zero-order valence-corrected chi connectivity index (χ0v) is 15.4. The number of nitrogens with zero attached hydrogens (tertiary/aromatic N) is 1. The molecule has 0 heterocycles. The van der Waals surface area contributed by atoms with Crippen LogP contribution in [0.2, 0.25) is 10.0 Å². The third-order valence-electron chi connectivity index (χ3n) is 3.51. The zero-order chi connectivity index (χ0) is 18.1. The lowest BCUT2D eigenvalue weighted by Crippen LogP contribution is -2.18. The molecule has 1 atom stereocenters. The van der Waals surface area contributed by atoms with Gasteiger partial charge < -0.3 is 4.74 Å². The molecule has 0 fully saturated rings. The van der Waals surface area contributed by atoms with Gasteiger partial charge in [-0.05, 0) is 30.2 Å². The Hall–Kier alpha value is -2.04. The fourth-order valence-electron chi connectivity index (χ4n) is 2.13. The number of carbonyl (C=O) groups is 1. The van der Waals surface area contributed by atoms with Gasteiger partial charge in [0, 0.05) is 23.6 Å². The van der Waals surface area contributed by atoms with E-state index in [0.29, 0.717) is 35.2 Å². The molecule has 1 unspecified atom stereocenters. The van der Waals surface area contributed by atoms with Crippen LogP contribution in [0.4, 0.5) is 0 Å². The summed E-state index contributed by atoms with van der Waals surface area (Å²) < 4.78 is 5.53. The maximum Gasteiger partial charge on any atom is 0.240 e. The molecule has 2 aromatic carbocycles. The average Bonchev–Trinajstić information content (AvgIpc) is 2.61. The Balaban J connectivity index is 1.66. The minimum atomic E-state index is -0.151. The smallest absolute Gasteiger partial charge is 0.240 e. The SMILES string of the molecule is CC(/C=N/NC(=O)CCCOc1ccc(Cl)cc1Cl)c1ccccc1. The van der Waals surface area contributed by atoms with Crippen molar-refractivity contribution in [3.8, 4) is 5.75 Å². The lowest BCUT2D eigenvalue weighted by Gasteiger charge is -2.08. The molecular formula is C19H20Cl2N2O2. The molecule has 0 saturated heterocycles. The van der Waals surface area contributed by atoms with Crippen LogP contribution >= 0.6 is 23.2 Å². The van der Waals surface area contributed by atoms with E-state index in [0.717, 1.165) is 5.56 Å². The predicted molar refractivity (Wildman–Crippen MR) is 103 cm³/mol. The van der Waals surface area contributed by atoms with Crippen LogP contribution in [0.1, 0.15) is 31.2 Å². The molecule has 0 saturated carbocycles. The number of hydrogen-bond donors (Lipinski definition) is 1. The summed E-state index contributed by atoms with van der Waals surface area (Å²) in [7, 11) is 0. The Morgan fingerprint density at radius 2 is 2.00 bits per heavy atom. The number of ether oxygens (including phenoxy) is 1. The van der Waals surface area contributed by atoms with Crippen molar-refractivity contribution >= 4 is 35.3 Å². The van der Waals surface area contributed by atoms with Crippen LogP contribution in [-0.2, 0) is 4.79 Å². The molecule has 25 heavy (non-hydrogen) atoms. The second-order valence-corrected chi connectivity index (χ2v) is 6.38. The predicted octanol–water partition coefficient (Wildman–Crippen LogP) is 5.06. The third-order valence-corrected chi connectivity index (χ3v) is 4.04. The van der Waals surface area contributed by atoms with Crippen LogP contribution in [0.15, 0.2) is 53.6 Å². The molecule has 0 aliphatic heterocycles. The first-order valence-electron chi connectivity index (χ1n) is 8.01. The highest BCUT2D eigenvalue weighted by Gasteiger charge is 2.05. The molecule has 6 heteroatoms. The van der Waals surface area contributed by atoms with Crippen LogP contribution in [0.25, 0.3) is 0 Å². The normalized spacial score (nSPS) is 12.1. The van der Waals surface area contributed by atoms with Crippen molar-refractivity contribution in [1.29, 1.82) is 0 Å². The van der Waals surface area contributed by atoms with Gasteiger partial charge in [0.25, 0.3) is 0 Å². The zero-order valence-electron chi connectivity index (χ0n) is 13.9. The Morgan fingerprint density at radius 1 is 1.24 bits per heavy atom. The molecule has 0 bridgehead atoms. The van der Waals surface area contributed by atoms with Gasteiger partial charge in [-0.25, -0.2) is 5.43 Å². The number of amides is 1. The second kappa shape index (κ2) is 10.1. The minimum Gasteiger partial charge on any atom is -0.492 e. The van der Waals surface area contributed by atoms with Gasteiger partial charge in [0.15, 0.2) is 0 Å². The van der Waals surface area contributed by atoms with Crippen molar-refractivity contribution in [3.05, 3.63) is 64.1 Å². The molecule has 1 amide bonds. The number of hydrazone groups is 1. The van der Waals surface area contributed by atoms with E-state index < -0.39 is 0 Å². The summed E-state index contributed by atoms with van der Waals surface area (Å²) >= 11 is 11.8. The molecule has 0 aliphatic rings. The van der Waals surface area contributed by atoms with E-state index in [2.05, 4.69) is 10.5 Å². The Kier molecular flexibility index (Phi) is 7.76. The molecule has 2 aromatic rings. The van der Waals surface area contributed by atoms with Gasteiger partial charge in [0.2, 0.25) is 5.91 Å². The first-order chi connectivity index (χ1) is 12.1. The molecular weight excluding hydrogens is 359 g/mol. The number of nitrogens with one attached hydrogen (secondary N) is 1. The molecule has 0 spiro atoms. The summed E-state index contributed by atoms with van der Waals surface area (Å²) in [5.41, 5.74) is 3.68. The van der Waals surface area contributed by atoms with Crippen molar-refractivity contribution in [2.24, 2.45) is 5.10 Å². The van der Waals surface area contributed by atoms with Gasteiger partial charge in [-0.2, -0.15) is 5.10 Å². The van der Waals surface area contributed by atoms with E-state index in [4.69, 9.17) is 27.9 Å². The van der Waals surface area contributed by atoms with Gasteiger partial charge in [0.05, 0.1) is 11.6 Å². The summed E-state index contributed by atoms with van der Waals surface area (Å²) in [6, 6.07) is 15.0. The summed E-state index contributed by atoms with van der Waals surface area (Å²) in [6.45, 7) is 2.41. The van der Waals surface area contributed by atoms with Crippen molar-refractivity contribution in [1.82, 2.24) is 5.43 Å². The van der Waals surface area contributed by atoms with Crippen LogP contribution in [0.5, 0.6) is 5.75 Å². The lowest BCUT2D eigenvalue weighted by atomic mass is 10.0. The second-order valence-electron chi connectivity index (χ2n) is 5.54. The lowest BCUT2D eigenvalue weighted by molar-refractivity contribution is -0.121. The summed E-state index contributed by atoms with van der Waals surface area (Å²) in [5.74, 6) is 0.542. The van der Waals surface area contributed by atoms with Crippen LogP contribution in [-0.4, -0.2) is 18.7 Å². The Labute approximate surface area is 157 Å². The van der Waals surface area contributed by atoms with E-state index in [9.17, 15) is 4.79 Å². The highest BCUT2D eigenvalue weighted by molar-refractivity contribution is 6.35. The quantitative estimate of drug-likeness (QED) is 0.396. The Morgan fingerprint density at radius 3 is 2.72 bits per heavy atom. The van der Waals surface area contributed by atoms with Crippen molar-refractivity contribution < 1.29 is 9.53 Å². The summed E-state index contributed by atoms with van der Waals surface area (Å²) in [6.07, 6.45) is 2.61. The van der Waals surface area contributed by atoms with Gasteiger partial charge in [0.1, 0.15) is 5.75 Å². The van der Waals surface area contributed by atoms with Crippen LogP contribution in [0.3, 0.4) is 0 Å².